The minimum absolute atomic E-state index is 0.0346. The molecule has 0 amide bonds. The van der Waals surface area contributed by atoms with E-state index < -0.39 is 9.84 Å². The Morgan fingerprint density at radius 3 is 2.72 bits per heavy atom. The van der Waals surface area contributed by atoms with Gasteiger partial charge < -0.3 is 5.73 Å². The highest BCUT2D eigenvalue weighted by Crippen LogP contribution is 2.25. The van der Waals surface area contributed by atoms with Crippen LogP contribution in [0.1, 0.15) is 5.56 Å². The Labute approximate surface area is 115 Å². The molecule has 0 saturated heterocycles. The molecular formula is C12H12ClNO2S2. The second-order valence-electron chi connectivity index (χ2n) is 3.89. The van der Waals surface area contributed by atoms with E-state index in [1.165, 1.54) is 12.1 Å². The van der Waals surface area contributed by atoms with E-state index in [0.717, 1.165) is 5.56 Å². The predicted octanol–water partition coefficient (Wildman–Crippen LogP) is 3.00. The maximum absolute atomic E-state index is 12.2. The van der Waals surface area contributed by atoms with E-state index in [1.807, 2.05) is 16.8 Å². The summed E-state index contributed by atoms with van der Waals surface area (Å²) in [6.07, 6.45) is 0.483. The maximum atomic E-state index is 12.2. The minimum atomic E-state index is -3.40. The average molecular weight is 302 g/mol. The SMILES string of the molecule is Nc1ccc(Cl)c(S(=O)(=O)CCc2ccsc2)c1. The monoisotopic (exact) mass is 301 g/mol. The fraction of sp³-hybridized carbons (Fsp3) is 0.167. The van der Waals surface area contributed by atoms with E-state index in [9.17, 15) is 8.42 Å². The summed E-state index contributed by atoms with van der Waals surface area (Å²) in [7, 11) is -3.40. The number of hydrogen-bond donors (Lipinski definition) is 1. The van der Waals surface area contributed by atoms with Crippen LogP contribution >= 0.6 is 22.9 Å². The smallest absolute Gasteiger partial charge is 0.180 e. The van der Waals surface area contributed by atoms with E-state index >= 15 is 0 Å². The topological polar surface area (TPSA) is 60.2 Å². The number of nitrogens with two attached hydrogens (primary N) is 1. The molecule has 1 aromatic carbocycles. The molecule has 0 spiro atoms. The fourth-order valence-electron chi connectivity index (χ4n) is 1.56. The number of benzene rings is 1. The van der Waals surface area contributed by atoms with Gasteiger partial charge in [-0.3, -0.25) is 0 Å². The van der Waals surface area contributed by atoms with Crippen molar-refractivity contribution in [3.8, 4) is 0 Å². The van der Waals surface area contributed by atoms with Crippen LogP contribution in [-0.2, 0) is 16.3 Å². The van der Waals surface area contributed by atoms with Crippen LogP contribution in [0.15, 0.2) is 39.9 Å². The molecule has 1 heterocycles. The lowest BCUT2D eigenvalue weighted by Gasteiger charge is -2.07. The Kier molecular flexibility index (Phi) is 3.94. The van der Waals surface area contributed by atoms with Crippen molar-refractivity contribution in [3.05, 3.63) is 45.6 Å². The molecule has 0 radical (unpaired) electrons. The third-order valence-corrected chi connectivity index (χ3v) is 5.45. The number of sulfone groups is 1. The van der Waals surface area contributed by atoms with Gasteiger partial charge in [-0.2, -0.15) is 11.3 Å². The Hall–Kier alpha value is -1.04. The minimum Gasteiger partial charge on any atom is -0.399 e. The summed E-state index contributed by atoms with van der Waals surface area (Å²) < 4.78 is 24.3. The highest BCUT2D eigenvalue weighted by atomic mass is 35.5. The molecule has 0 fully saturated rings. The number of halogens is 1. The first-order valence-electron chi connectivity index (χ1n) is 5.28. The van der Waals surface area contributed by atoms with Gasteiger partial charge in [0.05, 0.1) is 15.7 Å². The summed E-state index contributed by atoms with van der Waals surface area (Å²) in [4.78, 5) is 0.111. The van der Waals surface area contributed by atoms with Crippen molar-refractivity contribution in [2.24, 2.45) is 0 Å². The quantitative estimate of drug-likeness (QED) is 0.883. The second-order valence-corrected chi connectivity index (χ2v) is 7.16. The Morgan fingerprint density at radius 1 is 1.28 bits per heavy atom. The molecule has 0 bridgehead atoms. The molecule has 2 aromatic rings. The standard InChI is InChI=1S/C12H12ClNO2S2/c13-11-2-1-10(14)7-12(11)18(15,16)6-4-9-3-5-17-8-9/h1-3,5,7-8H,4,6,14H2. The maximum Gasteiger partial charge on any atom is 0.180 e. The lowest BCUT2D eigenvalue weighted by molar-refractivity contribution is 0.595. The zero-order valence-electron chi connectivity index (χ0n) is 9.47. The van der Waals surface area contributed by atoms with Crippen LogP contribution in [0.2, 0.25) is 5.02 Å². The Morgan fingerprint density at radius 2 is 2.06 bits per heavy atom. The van der Waals surface area contributed by atoms with Gasteiger partial charge in [0, 0.05) is 5.69 Å². The molecule has 0 atom stereocenters. The lowest BCUT2D eigenvalue weighted by atomic mass is 10.3. The van der Waals surface area contributed by atoms with Crippen LogP contribution in [0.4, 0.5) is 5.69 Å². The van der Waals surface area contributed by atoms with Crippen LogP contribution in [-0.4, -0.2) is 14.2 Å². The molecule has 0 aliphatic carbocycles. The molecule has 0 aliphatic rings. The van der Waals surface area contributed by atoms with Gasteiger partial charge in [0.2, 0.25) is 0 Å². The number of anilines is 1. The van der Waals surface area contributed by atoms with Crippen LogP contribution < -0.4 is 5.73 Å². The third-order valence-electron chi connectivity index (χ3n) is 2.53. The van der Waals surface area contributed by atoms with Gasteiger partial charge >= 0.3 is 0 Å². The van der Waals surface area contributed by atoms with E-state index in [2.05, 4.69) is 0 Å². The van der Waals surface area contributed by atoms with E-state index in [4.69, 9.17) is 17.3 Å². The van der Waals surface area contributed by atoms with E-state index in [0.29, 0.717) is 12.1 Å². The number of thiophene rings is 1. The van der Waals surface area contributed by atoms with Gasteiger partial charge in [0.15, 0.2) is 9.84 Å². The van der Waals surface area contributed by atoms with E-state index in [1.54, 1.807) is 17.4 Å². The zero-order valence-corrected chi connectivity index (χ0v) is 11.9. The van der Waals surface area contributed by atoms with Gasteiger partial charge in [-0.1, -0.05) is 11.6 Å². The predicted molar refractivity (Wildman–Crippen MR) is 75.9 cm³/mol. The fourth-order valence-corrected chi connectivity index (χ4v) is 4.13. The van der Waals surface area contributed by atoms with Crippen LogP contribution in [0.3, 0.4) is 0 Å². The van der Waals surface area contributed by atoms with Crippen molar-refractivity contribution in [2.45, 2.75) is 11.3 Å². The lowest BCUT2D eigenvalue weighted by Crippen LogP contribution is -2.10. The molecule has 18 heavy (non-hydrogen) atoms. The Balaban J connectivity index is 2.22. The van der Waals surface area contributed by atoms with Crippen LogP contribution in [0.5, 0.6) is 0 Å². The molecule has 2 N–H and O–H groups in total. The van der Waals surface area contributed by atoms with Gasteiger partial charge in [-0.15, -0.1) is 0 Å². The molecule has 96 valence electrons. The summed E-state index contributed by atoms with van der Waals surface area (Å²) in [5.74, 6) is 0.0346. The first-order chi connectivity index (χ1) is 8.49. The number of hydrogen-bond acceptors (Lipinski definition) is 4. The molecule has 6 heteroatoms. The van der Waals surface area contributed by atoms with Crippen molar-refractivity contribution >= 4 is 38.5 Å². The first kappa shape index (κ1) is 13.4. The van der Waals surface area contributed by atoms with Gasteiger partial charge in [-0.05, 0) is 47.0 Å². The second kappa shape index (κ2) is 5.30. The number of aryl methyl sites for hydroxylation is 1. The van der Waals surface area contributed by atoms with Crippen LogP contribution in [0, 0.1) is 0 Å². The normalized spacial score (nSPS) is 11.6. The van der Waals surface area contributed by atoms with Crippen LogP contribution in [0.25, 0.3) is 0 Å². The van der Waals surface area contributed by atoms with E-state index in [-0.39, 0.29) is 15.7 Å². The van der Waals surface area contributed by atoms with Crippen molar-refractivity contribution < 1.29 is 8.42 Å². The van der Waals surface area contributed by atoms with Crippen molar-refractivity contribution in [2.75, 3.05) is 11.5 Å². The average Bonchev–Trinajstić information content (AvgIpc) is 2.83. The molecular weight excluding hydrogens is 290 g/mol. The highest BCUT2D eigenvalue weighted by molar-refractivity contribution is 7.91. The Bertz CT molecular complexity index is 636. The summed E-state index contributed by atoms with van der Waals surface area (Å²) in [5, 5.41) is 4.08. The number of nitrogen functional groups attached to an aromatic ring is 1. The third kappa shape index (κ3) is 3.04. The summed E-state index contributed by atoms with van der Waals surface area (Å²) in [6.45, 7) is 0. The van der Waals surface area contributed by atoms with Gasteiger partial charge in [0.1, 0.15) is 0 Å². The zero-order chi connectivity index (χ0) is 13.2. The molecule has 0 saturated carbocycles. The number of rotatable bonds is 4. The molecule has 3 nitrogen and oxygen atoms in total. The molecule has 0 unspecified atom stereocenters. The van der Waals surface area contributed by atoms with Crippen molar-refractivity contribution in [1.29, 1.82) is 0 Å². The van der Waals surface area contributed by atoms with Gasteiger partial charge in [-0.25, -0.2) is 8.42 Å². The largest absolute Gasteiger partial charge is 0.399 e. The van der Waals surface area contributed by atoms with Gasteiger partial charge in [0.25, 0.3) is 0 Å². The van der Waals surface area contributed by atoms with Crippen molar-refractivity contribution in [1.82, 2.24) is 0 Å². The highest BCUT2D eigenvalue weighted by Gasteiger charge is 2.18. The molecule has 0 aliphatic heterocycles. The summed E-state index contributed by atoms with van der Waals surface area (Å²) in [6, 6.07) is 6.42. The summed E-state index contributed by atoms with van der Waals surface area (Å²) >= 11 is 7.46. The molecule has 2 rings (SSSR count). The first-order valence-corrected chi connectivity index (χ1v) is 8.25. The molecule has 1 aromatic heterocycles. The summed E-state index contributed by atoms with van der Waals surface area (Å²) in [5.41, 5.74) is 7.01. The van der Waals surface area contributed by atoms with Crippen molar-refractivity contribution in [3.63, 3.8) is 0 Å².